The van der Waals surface area contributed by atoms with Crippen LogP contribution in [-0.2, 0) is 9.59 Å². The van der Waals surface area contributed by atoms with Gasteiger partial charge < -0.3 is 10.4 Å². The van der Waals surface area contributed by atoms with Gasteiger partial charge in [-0.05, 0) is 24.0 Å². The van der Waals surface area contributed by atoms with Crippen molar-refractivity contribution in [1.82, 2.24) is 5.32 Å². The van der Waals surface area contributed by atoms with Gasteiger partial charge in [-0.25, -0.2) is 0 Å². The van der Waals surface area contributed by atoms with Crippen LogP contribution in [0.1, 0.15) is 32.4 Å². The topological polar surface area (TPSA) is 66.4 Å². The Labute approximate surface area is 126 Å². The highest BCUT2D eigenvalue weighted by Gasteiger charge is 2.65. The van der Waals surface area contributed by atoms with Crippen LogP contribution in [0.3, 0.4) is 0 Å². The summed E-state index contributed by atoms with van der Waals surface area (Å²) in [6.07, 6.45) is 0. The van der Waals surface area contributed by atoms with Crippen molar-refractivity contribution in [2.45, 2.75) is 26.8 Å². The maximum Gasteiger partial charge on any atom is 0.307 e. The number of carboxylic acid groups (broad SMARTS) is 1. The van der Waals surface area contributed by atoms with Gasteiger partial charge in [0, 0.05) is 4.47 Å². The van der Waals surface area contributed by atoms with E-state index in [2.05, 4.69) is 21.2 Å². The zero-order valence-corrected chi connectivity index (χ0v) is 13.3. The number of carboxylic acids is 1. The van der Waals surface area contributed by atoms with E-state index in [-0.39, 0.29) is 11.9 Å². The molecule has 1 aliphatic carbocycles. The minimum atomic E-state index is -0.899. The van der Waals surface area contributed by atoms with E-state index in [1.807, 2.05) is 45.0 Å². The Morgan fingerprint density at radius 1 is 1.30 bits per heavy atom. The van der Waals surface area contributed by atoms with Crippen LogP contribution in [-0.4, -0.2) is 17.0 Å². The van der Waals surface area contributed by atoms with Crippen LogP contribution in [0.15, 0.2) is 28.7 Å². The third-order valence-electron chi connectivity index (χ3n) is 4.11. The van der Waals surface area contributed by atoms with Crippen LogP contribution in [0.4, 0.5) is 0 Å². The fraction of sp³-hybridized carbons (Fsp3) is 0.467. The van der Waals surface area contributed by atoms with Crippen molar-refractivity contribution in [1.29, 1.82) is 0 Å². The molecule has 20 heavy (non-hydrogen) atoms. The highest BCUT2D eigenvalue weighted by Crippen LogP contribution is 2.58. The summed E-state index contributed by atoms with van der Waals surface area (Å²) in [6, 6.07) is 7.50. The zero-order valence-electron chi connectivity index (χ0n) is 11.7. The molecule has 0 bridgehead atoms. The second-order valence-corrected chi connectivity index (χ2v) is 6.72. The molecule has 1 amide bonds. The second-order valence-electron chi connectivity index (χ2n) is 5.87. The molecule has 4 nitrogen and oxygen atoms in total. The van der Waals surface area contributed by atoms with Gasteiger partial charge in [0.25, 0.3) is 0 Å². The molecule has 0 aromatic heterocycles. The zero-order chi connectivity index (χ0) is 15.1. The highest BCUT2D eigenvalue weighted by atomic mass is 79.9. The maximum atomic E-state index is 12.2. The molecule has 1 aliphatic rings. The van der Waals surface area contributed by atoms with Crippen LogP contribution in [0, 0.1) is 17.3 Å². The van der Waals surface area contributed by atoms with E-state index in [1.165, 1.54) is 0 Å². The summed E-state index contributed by atoms with van der Waals surface area (Å²) in [4.78, 5) is 23.4. The lowest BCUT2D eigenvalue weighted by Crippen LogP contribution is -2.30. The molecule has 1 aromatic carbocycles. The molecule has 1 fully saturated rings. The van der Waals surface area contributed by atoms with E-state index in [0.717, 1.165) is 10.0 Å². The average Bonchev–Trinajstić information content (AvgIpc) is 2.93. The molecule has 0 radical (unpaired) electrons. The highest BCUT2D eigenvalue weighted by molar-refractivity contribution is 9.10. The van der Waals surface area contributed by atoms with Gasteiger partial charge in [0.1, 0.15) is 0 Å². The van der Waals surface area contributed by atoms with Gasteiger partial charge in [-0.3, -0.25) is 9.59 Å². The number of benzene rings is 1. The van der Waals surface area contributed by atoms with E-state index in [9.17, 15) is 9.59 Å². The molecule has 0 spiro atoms. The van der Waals surface area contributed by atoms with Crippen LogP contribution >= 0.6 is 15.9 Å². The van der Waals surface area contributed by atoms with Gasteiger partial charge in [0.2, 0.25) is 5.91 Å². The Balaban J connectivity index is 2.07. The molecule has 0 unspecified atom stereocenters. The molecule has 0 saturated heterocycles. The third kappa shape index (κ3) is 2.59. The maximum absolute atomic E-state index is 12.2. The number of hydrogen-bond acceptors (Lipinski definition) is 2. The Bertz CT molecular complexity index is 556. The number of carbonyl (C=O) groups is 2. The molecule has 2 N–H and O–H groups in total. The largest absolute Gasteiger partial charge is 0.481 e. The van der Waals surface area contributed by atoms with E-state index >= 15 is 0 Å². The number of hydrogen-bond donors (Lipinski definition) is 2. The monoisotopic (exact) mass is 339 g/mol. The third-order valence-corrected chi connectivity index (χ3v) is 4.83. The number of halogens is 1. The predicted octanol–water partition coefficient (Wildman–Crippen LogP) is 2.98. The summed E-state index contributed by atoms with van der Waals surface area (Å²) in [5, 5.41) is 12.0. The number of carbonyl (C=O) groups excluding carboxylic acids is 1. The summed E-state index contributed by atoms with van der Waals surface area (Å²) < 4.78 is 0.928. The first-order chi connectivity index (χ1) is 9.26. The molecule has 3 atom stereocenters. The van der Waals surface area contributed by atoms with Gasteiger partial charge >= 0.3 is 5.97 Å². The Hall–Kier alpha value is -1.36. The van der Waals surface area contributed by atoms with Gasteiger partial charge in [-0.2, -0.15) is 0 Å². The van der Waals surface area contributed by atoms with Crippen molar-refractivity contribution in [2.24, 2.45) is 17.3 Å². The molecule has 2 rings (SSSR count). The first-order valence-corrected chi connectivity index (χ1v) is 7.33. The van der Waals surface area contributed by atoms with Crippen LogP contribution in [0.25, 0.3) is 0 Å². The first-order valence-electron chi connectivity index (χ1n) is 6.54. The standard InChI is InChI=1S/C15H18BrNO3/c1-8(9-6-4-5-7-10(9)16)17-13(18)11-12(14(19)20)15(11,2)3/h4-8,11-12H,1-3H3,(H,17,18)(H,19,20)/t8-,11+,12-/m0/s1. The number of amides is 1. The van der Waals surface area contributed by atoms with Crippen LogP contribution in [0.2, 0.25) is 0 Å². The number of nitrogens with one attached hydrogen (secondary N) is 1. The number of rotatable bonds is 4. The second kappa shape index (κ2) is 5.20. The minimum absolute atomic E-state index is 0.163. The molecular formula is C15H18BrNO3. The fourth-order valence-electron chi connectivity index (χ4n) is 2.80. The SMILES string of the molecule is C[C@H](NC(=O)[C@H]1[C@@H](C(=O)O)C1(C)C)c1ccccc1Br. The van der Waals surface area contributed by atoms with Crippen LogP contribution < -0.4 is 5.32 Å². The summed E-state index contributed by atoms with van der Waals surface area (Å²) in [6.45, 7) is 5.53. The molecule has 1 saturated carbocycles. The normalized spacial score (nSPS) is 24.8. The van der Waals surface area contributed by atoms with Crippen molar-refractivity contribution in [2.75, 3.05) is 0 Å². The summed E-state index contributed by atoms with van der Waals surface area (Å²) >= 11 is 3.45. The number of aliphatic carboxylic acids is 1. The van der Waals surface area contributed by atoms with Gasteiger partial charge in [-0.1, -0.05) is 48.0 Å². The molecule has 0 aliphatic heterocycles. The van der Waals surface area contributed by atoms with Gasteiger partial charge in [0.05, 0.1) is 17.9 Å². The Morgan fingerprint density at radius 2 is 1.90 bits per heavy atom. The van der Waals surface area contributed by atoms with Crippen molar-refractivity contribution < 1.29 is 14.7 Å². The quantitative estimate of drug-likeness (QED) is 0.886. The Kier molecular flexibility index (Phi) is 3.91. The lowest BCUT2D eigenvalue weighted by atomic mass is 10.1. The van der Waals surface area contributed by atoms with Gasteiger partial charge in [-0.15, -0.1) is 0 Å². The predicted molar refractivity (Wildman–Crippen MR) is 79.1 cm³/mol. The van der Waals surface area contributed by atoms with E-state index in [1.54, 1.807) is 0 Å². The lowest BCUT2D eigenvalue weighted by Gasteiger charge is -2.16. The van der Waals surface area contributed by atoms with Crippen LogP contribution in [0.5, 0.6) is 0 Å². The summed E-state index contributed by atoms with van der Waals surface area (Å²) in [7, 11) is 0. The molecular weight excluding hydrogens is 322 g/mol. The van der Waals surface area contributed by atoms with E-state index in [4.69, 9.17) is 5.11 Å². The van der Waals surface area contributed by atoms with Crippen molar-refractivity contribution in [3.8, 4) is 0 Å². The van der Waals surface area contributed by atoms with E-state index < -0.39 is 23.2 Å². The fourth-order valence-corrected chi connectivity index (χ4v) is 3.42. The molecule has 5 heteroatoms. The Morgan fingerprint density at radius 3 is 2.40 bits per heavy atom. The average molecular weight is 340 g/mol. The lowest BCUT2D eigenvalue weighted by molar-refractivity contribution is -0.140. The summed E-state index contributed by atoms with van der Waals surface area (Å²) in [5.74, 6) is -2.13. The van der Waals surface area contributed by atoms with Crippen molar-refractivity contribution in [3.05, 3.63) is 34.3 Å². The minimum Gasteiger partial charge on any atom is -0.481 e. The smallest absolute Gasteiger partial charge is 0.307 e. The van der Waals surface area contributed by atoms with Crippen molar-refractivity contribution >= 4 is 27.8 Å². The van der Waals surface area contributed by atoms with Crippen molar-refractivity contribution in [3.63, 3.8) is 0 Å². The molecule has 108 valence electrons. The van der Waals surface area contributed by atoms with E-state index in [0.29, 0.717) is 0 Å². The molecule has 1 aromatic rings. The molecule has 0 heterocycles. The first kappa shape index (κ1) is 15.0. The van der Waals surface area contributed by atoms with Gasteiger partial charge in [0.15, 0.2) is 0 Å². The summed E-state index contributed by atoms with van der Waals surface area (Å²) in [5.41, 5.74) is 0.509.